The van der Waals surface area contributed by atoms with Crippen LogP contribution in [0.15, 0.2) is 6.07 Å². The predicted octanol–water partition coefficient (Wildman–Crippen LogP) is 0.543. The number of amides is 1. The van der Waals surface area contributed by atoms with Crippen LogP contribution in [0, 0.1) is 5.92 Å². The standard InChI is InChI=1S/C10H13N3O2/c11-10(14)7-5-9-13(12-7)4-3-8(15-9)6-1-2-6/h5-6,8H,1-4H2,(H2,11,14). The van der Waals surface area contributed by atoms with E-state index in [-0.39, 0.29) is 0 Å². The van der Waals surface area contributed by atoms with Crippen LogP contribution >= 0.6 is 0 Å². The Morgan fingerprint density at radius 1 is 1.53 bits per heavy atom. The van der Waals surface area contributed by atoms with Crippen molar-refractivity contribution in [2.45, 2.75) is 31.9 Å². The van der Waals surface area contributed by atoms with E-state index in [2.05, 4.69) is 5.10 Å². The molecule has 3 rings (SSSR count). The van der Waals surface area contributed by atoms with E-state index in [1.54, 1.807) is 10.7 Å². The van der Waals surface area contributed by atoms with Crippen LogP contribution in [-0.2, 0) is 6.54 Å². The highest BCUT2D eigenvalue weighted by molar-refractivity contribution is 5.91. The minimum Gasteiger partial charge on any atom is -0.474 e. The Hall–Kier alpha value is -1.52. The van der Waals surface area contributed by atoms with E-state index in [1.165, 1.54) is 12.8 Å². The van der Waals surface area contributed by atoms with Gasteiger partial charge in [-0.25, -0.2) is 4.68 Å². The monoisotopic (exact) mass is 207 g/mol. The van der Waals surface area contributed by atoms with Gasteiger partial charge in [0.1, 0.15) is 6.10 Å². The molecule has 2 aliphatic rings. The van der Waals surface area contributed by atoms with Crippen molar-refractivity contribution in [3.63, 3.8) is 0 Å². The summed E-state index contributed by atoms with van der Waals surface area (Å²) in [7, 11) is 0. The van der Waals surface area contributed by atoms with E-state index in [0.29, 0.717) is 23.6 Å². The molecule has 1 aliphatic carbocycles. The number of nitrogens with two attached hydrogens (primary N) is 1. The number of hydrogen-bond donors (Lipinski definition) is 1. The van der Waals surface area contributed by atoms with Gasteiger partial charge in [0, 0.05) is 19.0 Å². The first kappa shape index (κ1) is 8.76. The van der Waals surface area contributed by atoms with Crippen molar-refractivity contribution < 1.29 is 9.53 Å². The minimum atomic E-state index is -0.497. The van der Waals surface area contributed by atoms with Gasteiger partial charge in [-0.1, -0.05) is 0 Å². The van der Waals surface area contributed by atoms with Crippen molar-refractivity contribution >= 4 is 5.91 Å². The molecule has 0 saturated heterocycles. The van der Waals surface area contributed by atoms with Crippen LogP contribution in [-0.4, -0.2) is 21.8 Å². The van der Waals surface area contributed by atoms with E-state index < -0.39 is 5.91 Å². The predicted molar refractivity (Wildman–Crippen MR) is 52.5 cm³/mol. The first-order valence-corrected chi connectivity index (χ1v) is 5.28. The molecule has 5 nitrogen and oxygen atoms in total. The second kappa shape index (κ2) is 2.98. The Balaban J connectivity index is 1.85. The number of fused-ring (bicyclic) bond motifs is 1. The zero-order valence-electron chi connectivity index (χ0n) is 8.35. The number of aryl methyl sites for hydroxylation is 1. The molecule has 80 valence electrons. The van der Waals surface area contributed by atoms with E-state index in [0.717, 1.165) is 13.0 Å². The summed E-state index contributed by atoms with van der Waals surface area (Å²) in [6, 6.07) is 1.64. The van der Waals surface area contributed by atoms with Gasteiger partial charge < -0.3 is 10.5 Å². The fourth-order valence-electron chi connectivity index (χ4n) is 2.04. The van der Waals surface area contributed by atoms with Crippen LogP contribution in [0.2, 0.25) is 0 Å². The van der Waals surface area contributed by atoms with Gasteiger partial charge in [-0.2, -0.15) is 5.10 Å². The molecule has 1 unspecified atom stereocenters. The van der Waals surface area contributed by atoms with Gasteiger partial charge in [-0.15, -0.1) is 0 Å². The molecule has 1 atom stereocenters. The maximum absolute atomic E-state index is 10.9. The number of carbonyl (C=O) groups excluding carboxylic acids is 1. The number of rotatable bonds is 2. The lowest BCUT2D eigenvalue weighted by Crippen LogP contribution is -2.27. The van der Waals surface area contributed by atoms with E-state index in [4.69, 9.17) is 10.5 Å². The van der Waals surface area contributed by atoms with E-state index >= 15 is 0 Å². The molecular weight excluding hydrogens is 194 g/mol. The molecule has 0 bridgehead atoms. The molecule has 15 heavy (non-hydrogen) atoms. The Kier molecular flexibility index (Phi) is 1.74. The quantitative estimate of drug-likeness (QED) is 0.769. The van der Waals surface area contributed by atoms with Crippen LogP contribution in [0.25, 0.3) is 0 Å². The Morgan fingerprint density at radius 3 is 3.00 bits per heavy atom. The summed E-state index contributed by atoms with van der Waals surface area (Å²) in [6.45, 7) is 0.823. The molecular formula is C10H13N3O2. The summed E-state index contributed by atoms with van der Waals surface area (Å²) in [5.74, 6) is 0.904. The summed E-state index contributed by atoms with van der Waals surface area (Å²) in [6.07, 6.45) is 3.83. The second-order valence-corrected chi connectivity index (χ2v) is 4.24. The highest BCUT2D eigenvalue weighted by Crippen LogP contribution is 2.38. The maximum Gasteiger partial charge on any atom is 0.269 e. The normalized spacial score (nSPS) is 24.4. The second-order valence-electron chi connectivity index (χ2n) is 4.24. The van der Waals surface area contributed by atoms with Gasteiger partial charge in [0.05, 0.1) is 0 Å². The lowest BCUT2D eigenvalue weighted by molar-refractivity contribution is 0.0994. The van der Waals surface area contributed by atoms with Crippen molar-refractivity contribution in [1.82, 2.24) is 9.78 Å². The number of nitrogens with zero attached hydrogens (tertiary/aromatic N) is 2. The molecule has 1 aromatic heterocycles. The molecule has 1 aliphatic heterocycles. The summed E-state index contributed by atoms with van der Waals surface area (Å²) in [4.78, 5) is 10.9. The van der Waals surface area contributed by atoms with Crippen molar-refractivity contribution in [1.29, 1.82) is 0 Å². The molecule has 1 fully saturated rings. The first-order chi connectivity index (χ1) is 7.24. The van der Waals surface area contributed by atoms with Crippen LogP contribution in [0.3, 0.4) is 0 Å². The van der Waals surface area contributed by atoms with Crippen molar-refractivity contribution in [2.75, 3.05) is 0 Å². The molecule has 2 heterocycles. The topological polar surface area (TPSA) is 70.1 Å². The smallest absolute Gasteiger partial charge is 0.269 e. The highest BCUT2D eigenvalue weighted by Gasteiger charge is 2.35. The Morgan fingerprint density at radius 2 is 2.33 bits per heavy atom. The van der Waals surface area contributed by atoms with E-state index in [1.807, 2.05) is 0 Å². The fourth-order valence-corrected chi connectivity index (χ4v) is 2.04. The van der Waals surface area contributed by atoms with Gasteiger partial charge in [0.25, 0.3) is 5.91 Å². The zero-order valence-corrected chi connectivity index (χ0v) is 8.35. The third-order valence-corrected chi connectivity index (χ3v) is 3.04. The average molecular weight is 207 g/mol. The van der Waals surface area contributed by atoms with Crippen molar-refractivity contribution in [3.8, 4) is 5.88 Å². The summed E-state index contributed by atoms with van der Waals surface area (Å²) < 4.78 is 7.50. The van der Waals surface area contributed by atoms with Crippen LogP contribution in [0.4, 0.5) is 0 Å². The molecule has 0 radical (unpaired) electrons. The number of ether oxygens (including phenoxy) is 1. The largest absolute Gasteiger partial charge is 0.474 e. The first-order valence-electron chi connectivity index (χ1n) is 5.28. The molecule has 5 heteroatoms. The molecule has 1 amide bonds. The summed E-state index contributed by atoms with van der Waals surface area (Å²) >= 11 is 0. The van der Waals surface area contributed by atoms with Crippen molar-refractivity contribution in [3.05, 3.63) is 11.8 Å². The molecule has 0 spiro atoms. The lowest BCUT2D eigenvalue weighted by atomic mass is 10.1. The van der Waals surface area contributed by atoms with Gasteiger partial charge >= 0.3 is 0 Å². The molecule has 1 saturated carbocycles. The van der Waals surface area contributed by atoms with E-state index in [9.17, 15) is 4.79 Å². The van der Waals surface area contributed by atoms with Crippen LogP contribution < -0.4 is 10.5 Å². The average Bonchev–Trinajstić information content (AvgIpc) is 2.96. The number of aromatic nitrogens is 2. The Bertz CT molecular complexity index is 409. The Labute approximate surface area is 87.2 Å². The number of hydrogen-bond acceptors (Lipinski definition) is 3. The maximum atomic E-state index is 10.9. The highest BCUT2D eigenvalue weighted by atomic mass is 16.5. The van der Waals surface area contributed by atoms with Gasteiger partial charge in [-0.05, 0) is 18.8 Å². The van der Waals surface area contributed by atoms with Gasteiger partial charge in [0.15, 0.2) is 5.69 Å². The van der Waals surface area contributed by atoms with Gasteiger partial charge in [-0.3, -0.25) is 4.79 Å². The van der Waals surface area contributed by atoms with Gasteiger partial charge in [0.2, 0.25) is 5.88 Å². The molecule has 1 aromatic rings. The fraction of sp³-hybridized carbons (Fsp3) is 0.600. The van der Waals surface area contributed by atoms with Crippen LogP contribution in [0.1, 0.15) is 29.8 Å². The lowest BCUT2D eigenvalue weighted by Gasteiger charge is -2.24. The number of carbonyl (C=O) groups is 1. The van der Waals surface area contributed by atoms with Crippen molar-refractivity contribution in [2.24, 2.45) is 11.7 Å². The summed E-state index contributed by atoms with van der Waals surface area (Å²) in [5, 5.41) is 4.08. The molecule has 0 aromatic carbocycles. The number of primary amides is 1. The third kappa shape index (κ3) is 1.48. The minimum absolute atomic E-state index is 0.293. The molecule has 2 N–H and O–H groups in total. The third-order valence-electron chi connectivity index (χ3n) is 3.04. The van der Waals surface area contributed by atoms with Crippen LogP contribution in [0.5, 0.6) is 5.88 Å². The summed E-state index contributed by atoms with van der Waals surface area (Å²) in [5.41, 5.74) is 5.46. The zero-order chi connectivity index (χ0) is 10.4. The SMILES string of the molecule is NC(=O)c1cc2n(n1)CCC(C1CC1)O2.